The molecule has 0 spiro atoms. The molecule has 3 rings (SSSR count). The van der Waals surface area contributed by atoms with Crippen LogP contribution in [-0.4, -0.2) is 65.6 Å². The van der Waals surface area contributed by atoms with E-state index in [0.29, 0.717) is 16.8 Å². The number of amides is 2. The number of ether oxygens (including phenoxy) is 3. The van der Waals surface area contributed by atoms with Crippen molar-refractivity contribution in [2.45, 2.75) is 32.9 Å². The smallest absolute Gasteiger partial charge is 0.331 e. The molecule has 0 fully saturated rings. The monoisotopic (exact) mass is 552 g/mol. The molecular weight excluding hydrogens is 524 g/mol. The van der Waals surface area contributed by atoms with Gasteiger partial charge in [0, 0.05) is 32.0 Å². The van der Waals surface area contributed by atoms with Crippen LogP contribution in [0.4, 0.5) is 5.69 Å². The molecule has 0 bridgehead atoms. The lowest BCUT2D eigenvalue weighted by atomic mass is 10.0. The number of hydrogen-bond acceptors (Lipinski definition) is 10. The van der Waals surface area contributed by atoms with Crippen LogP contribution in [0.2, 0.25) is 0 Å². The summed E-state index contributed by atoms with van der Waals surface area (Å²) in [4.78, 5) is 77.4. The summed E-state index contributed by atoms with van der Waals surface area (Å²) in [7, 11) is 1.09. The summed E-state index contributed by atoms with van der Waals surface area (Å²) in [5, 5.41) is 5.24. The Labute approximate surface area is 228 Å². The van der Waals surface area contributed by atoms with Crippen LogP contribution in [0.25, 0.3) is 22.0 Å². The molecule has 1 aromatic heterocycles. The van der Waals surface area contributed by atoms with E-state index in [1.54, 1.807) is 36.4 Å². The SMILES string of the molecule is COC(=O)[C@H](COC(C)=O)NC(=O)[C@H](COC(C)=O)n1cnc2c(-c3ccc(NC(C)=O)cc3)cccc2c1=O. The van der Waals surface area contributed by atoms with Crippen LogP contribution < -0.4 is 16.2 Å². The van der Waals surface area contributed by atoms with Gasteiger partial charge in [0.05, 0.1) is 24.3 Å². The van der Waals surface area contributed by atoms with E-state index in [-0.39, 0.29) is 11.3 Å². The van der Waals surface area contributed by atoms with Crippen molar-refractivity contribution in [3.8, 4) is 11.1 Å². The molecule has 0 aliphatic rings. The van der Waals surface area contributed by atoms with Crippen molar-refractivity contribution in [1.82, 2.24) is 14.9 Å². The van der Waals surface area contributed by atoms with Gasteiger partial charge in [-0.25, -0.2) is 9.78 Å². The molecule has 13 heteroatoms. The number of anilines is 1. The largest absolute Gasteiger partial charge is 0.467 e. The van der Waals surface area contributed by atoms with Gasteiger partial charge in [-0.3, -0.25) is 28.5 Å². The second-order valence-corrected chi connectivity index (χ2v) is 8.62. The first-order valence-electron chi connectivity index (χ1n) is 12.0. The highest BCUT2D eigenvalue weighted by Gasteiger charge is 2.30. The standard InChI is InChI=1S/C27H28N4O9/c1-15(32)29-19-10-8-18(9-11-19)20-6-5-7-21-24(20)28-14-31(26(21)36)23(13-40-17(3)34)25(35)30-22(27(37)38-4)12-39-16(2)33/h5-11,14,22-23H,12-13H2,1-4H3,(H,29,32)(H,30,35)/t22-,23-/m0/s1. The number of carbonyl (C=O) groups excluding carboxylic acids is 5. The Bertz CT molecular complexity index is 1500. The van der Waals surface area contributed by atoms with Crippen LogP contribution in [0.5, 0.6) is 0 Å². The molecular formula is C27H28N4O9. The van der Waals surface area contributed by atoms with Crippen LogP contribution in [0.3, 0.4) is 0 Å². The van der Waals surface area contributed by atoms with Crippen molar-refractivity contribution in [1.29, 1.82) is 0 Å². The van der Waals surface area contributed by atoms with E-state index in [2.05, 4.69) is 20.4 Å². The average Bonchev–Trinajstić information content (AvgIpc) is 2.91. The molecule has 2 aromatic carbocycles. The number of hydrogen-bond donors (Lipinski definition) is 2. The van der Waals surface area contributed by atoms with Gasteiger partial charge in [0.15, 0.2) is 12.1 Å². The van der Waals surface area contributed by atoms with Gasteiger partial charge in [-0.2, -0.15) is 0 Å². The van der Waals surface area contributed by atoms with Crippen LogP contribution in [0.15, 0.2) is 53.6 Å². The molecule has 2 atom stereocenters. The number of benzene rings is 2. The topological polar surface area (TPSA) is 172 Å². The van der Waals surface area contributed by atoms with Gasteiger partial charge in [-0.05, 0) is 23.8 Å². The fourth-order valence-electron chi connectivity index (χ4n) is 3.82. The van der Waals surface area contributed by atoms with Crippen molar-refractivity contribution in [3.63, 3.8) is 0 Å². The molecule has 0 aliphatic carbocycles. The zero-order valence-electron chi connectivity index (χ0n) is 22.3. The first-order chi connectivity index (χ1) is 19.0. The van der Waals surface area contributed by atoms with Gasteiger partial charge in [0.2, 0.25) is 11.8 Å². The molecule has 3 aromatic rings. The predicted octanol–water partition coefficient (Wildman–Crippen LogP) is 1.35. The Hall–Kier alpha value is -5.07. The van der Waals surface area contributed by atoms with E-state index in [1.165, 1.54) is 13.0 Å². The summed E-state index contributed by atoms with van der Waals surface area (Å²) in [5.41, 5.74) is 1.70. The molecule has 1 heterocycles. The average molecular weight is 553 g/mol. The van der Waals surface area contributed by atoms with Gasteiger partial charge in [0.1, 0.15) is 13.2 Å². The minimum Gasteiger partial charge on any atom is -0.467 e. The maximum absolute atomic E-state index is 13.6. The first kappa shape index (κ1) is 29.5. The zero-order chi connectivity index (χ0) is 29.4. The summed E-state index contributed by atoms with van der Waals surface area (Å²) in [6, 6.07) is 9.12. The highest BCUT2D eigenvalue weighted by atomic mass is 16.5. The lowest BCUT2D eigenvalue weighted by Crippen LogP contribution is -2.49. The summed E-state index contributed by atoms with van der Waals surface area (Å²) in [5.74, 6) is -3.36. The maximum Gasteiger partial charge on any atom is 0.331 e. The first-order valence-corrected chi connectivity index (χ1v) is 12.0. The van der Waals surface area contributed by atoms with E-state index < -0.39 is 54.7 Å². The maximum atomic E-state index is 13.6. The molecule has 2 amide bonds. The van der Waals surface area contributed by atoms with E-state index in [0.717, 1.165) is 37.4 Å². The number of aromatic nitrogens is 2. The van der Waals surface area contributed by atoms with Crippen molar-refractivity contribution in [2.24, 2.45) is 0 Å². The molecule has 0 radical (unpaired) electrons. The van der Waals surface area contributed by atoms with Gasteiger partial charge in [-0.15, -0.1) is 0 Å². The highest BCUT2D eigenvalue weighted by molar-refractivity contribution is 5.94. The fourth-order valence-corrected chi connectivity index (χ4v) is 3.82. The number of nitrogens with one attached hydrogen (secondary N) is 2. The fraction of sp³-hybridized carbons (Fsp3) is 0.296. The van der Waals surface area contributed by atoms with Gasteiger partial charge in [-0.1, -0.05) is 24.3 Å². The molecule has 0 unspecified atom stereocenters. The number of para-hydroxylation sites is 1. The quantitative estimate of drug-likeness (QED) is 0.276. The van der Waals surface area contributed by atoms with Crippen molar-refractivity contribution >= 4 is 46.3 Å². The lowest BCUT2D eigenvalue weighted by molar-refractivity contribution is -0.152. The van der Waals surface area contributed by atoms with Crippen LogP contribution >= 0.6 is 0 Å². The Morgan fingerprint density at radius 1 is 0.925 bits per heavy atom. The van der Waals surface area contributed by atoms with Gasteiger partial charge in [0.25, 0.3) is 5.56 Å². The Kier molecular flexibility index (Phi) is 9.68. The molecule has 0 aliphatic heterocycles. The lowest BCUT2D eigenvalue weighted by Gasteiger charge is -2.22. The number of esters is 3. The molecule has 40 heavy (non-hydrogen) atoms. The molecule has 210 valence electrons. The van der Waals surface area contributed by atoms with Crippen LogP contribution in [-0.2, 0) is 38.2 Å². The summed E-state index contributed by atoms with van der Waals surface area (Å²) < 4.78 is 15.5. The second-order valence-electron chi connectivity index (χ2n) is 8.62. The van der Waals surface area contributed by atoms with Gasteiger partial charge >= 0.3 is 17.9 Å². The highest BCUT2D eigenvalue weighted by Crippen LogP contribution is 2.27. The van der Waals surface area contributed by atoms with E-state index in [9.17, 15) is 28.8 Å². The third kappa shape index (κ3) is 7.28. The van der Waals surface area contributed by atoms with Crippen molar-refractivity contribution < 1.29 is 38.2 Å². The Morgan fingerprint density at radius 2 is 1.57 bits per heavy atom. The number of methoxy groups -OCH3 is 1. The number of rotatable bonds is 10. The number of carbonyl (C=O) groups is 5. The third-order valence-electron chi connectivity index (χ3n) is 5.67. The van der Waals surface area contributed by atoms with E-state index in [4.69, 9.17) is 9.47 Å². The predicted molar refractivity (Wildman–Crippen MR) is 142 cm³/mol. The van der Waals surface area contributed by atoms with Crippen LogP contribution in [0.1, 0.15) is 26.8 Å². The number of nitrogens with zero attached hydrogens (tertiary/aromatic N) is 2. The Balaban J connectivity index is 2.01. The van der Waals surface area contributed by atoms with Gasteiger partial charge < -0.3 is 24.8 Å². The van der Waals surface area contributed by atoms with Crippen molar-refractivity contribution in [2.75, 3.05) is 25.6 Å². The minimum absolute atomic E-state index is 0.177. The van der Waals surface area contributed by atoms with E-state index in [1.807, 2.05) is 0 Å². The second kappa shape index (κ2) is 13.1. The molecule has 13 nitrogen and oxygen atoms in total. The van der Waals surface area contributed by atoms with E-state index >= 15 is 0 Å². The summed E-state index contributed by atoms with van der Waals surface area (Å²) in [6.07, 6.45) is 1.15. The number of fused-ring (bicyclic) bond motifs is 1. The Morgan fingerprint density at radius 3 is 2.17 bits per heavy atom. The van der Waals surface area contributed by atoms with Crippen LogP contribution in [0, 0.1) is 0 Å². The molecule has 2 N–H and O–H groups in total. The van der Waals surface area contributed by atoms with Crippen molar-refractivity contribution in [3.05, 3.63) is 59.1 Å². The third-order valence-corrected chi connectivity index (χ3v) is 5.67. The minimum atomic E-state index is -1.42. The summed E-state index contributed by atoms with van der Waals surface area (Å²) in [6.45, 7) is 2.62. The molecule has 0 saturated heterocycles. The zero-order valence-corrected chi connectivity index (χ0v) is 22.3. The normalized spacial score (nSPS) is 12.1. The molecule has 0 saturated carbocycles. The summed E-state index contributed by atoms with van der Waals surface area (Å²) >= 11 is 0.